The van der Waals surface area contributed by atoms with E-state index in [0.29, 0.717) is 39.6 Å². The maximum absolute atomic E-state index is 12.6. The summed E-state index contributed by atoms with van der Waals surface area (Å²) < 4.78 is 7.44. The van der Waals surface area contributed by atoms with Crippen LogP contribution in [0.5, 0.6) is 5.75 Å². The zero-order valence-electron chi connectivity index (χ0n) is 16.6. The number of anilines is 1. The molecule has 4 rings (SSSR count). The molecule has 0 atom stereocenters. The number of nitrogens with zero attached hydrogens (tertiary/aromatic N) is 2. The fourth-order valence-corrected chi connectivity index (χ4v) is 4.11. The molecule has 0 aliphatic heterocycles. The molecule has 0 spiro atoms. The lowest BCUT2D eigenvalue weighted by atomic mass is 10.1. The topological polar surface area (TPSA) is 56.2 Å². The minimum absolute atomic E-state index is 0.259. The summed E-state index contributed by atoms with van der Waals surface area (Å²) in [5.74, 6) is 0.796. The Morgan fingerprint density at radius 3 is 2.71 bits per heavy atom. The highest BCUT2D eigenvalue weighted by molar-refractivity contribution is 7.12. The van der Waals surface area contributed by atoms with E-state index in [0.717, 1.165) is 11.1 Å². The average molecular weight is 472 g/mol. The predicted octanol–water partition coefficient (Wildman–Crippen LogP) is 6.44. The van der Waals surface area contributed by atoms with Crippen LogP contribution in [-0.2, 0) is 13.2 Å². The van der Waals surface area contributed by atoms with Gasteiger partial charge < -0.3 is 10.1 Å². The number of thiophene rings is 1. The molecule has 1 N–H and O–H groups in total. The molecule has 0 fully saturated rings. The molecule has 1 amide bonds. The van der Waals surface area contributed by atoms with Crippen LogP contribution in [0.15, 0.2) is 66.2 Å². The molecule has 0 saturated heterocycles. The molecule has 2 aromatic heterocycles. The van der Waals surface area contributed by atoms with Gasteiger partial charge in [-0.25, -0.2) is 0 Å². The van der Waals surface area contributed by atoms with E-state index < -0.39 is 0 Å². The molecule has 0 saturated carbocycles. The van der Waals surface area contributed by atoms with Crippen LogP contribution in [0, 0.1) is 6.92 Å². The predicted molar refractivity (Wildman–Crippen MR) is 126 cm³/mol. The van der Waals surface area contributed by atoms with E-state index in [9.17, 15) is 4.79 Å². The average Bonchev–Trinajstić information content (AvgIpc) is 3.34. The first-order chi connectivity index (χ1) is 15.0. The molecule has 0 aliphatic rings. The Balaban J connectivity index is 1.37. The molecule has 0 unspecified atom stereocenters. The maximum atomic E-state index is 12.6. The molecular weight excluding hydrogens is 453 g/mol. The van der Waals surface area contributed by atoms with Gasteiger partial charge in [0.1, 0.15) is 17.4 Å². The number of carbonyl (C=O) groups is 1. The number of benzene rings is 2. The molecule has 0 aliphatic carbocycles. The lowest BCUT2D eigenvalue weighted by Gasteiger charge is -2.04. The highest BCUT2D eigenvalue weighted by atomic mass is 35.5. The van der Waals surface area contributed by atoms with Crippen molar-refractivity contribution in [1.82, 2.24) is 9.78 Å². The standard InChI is InChI=1S/C23H19Cl2N3O2S/c1-15-3-2-4-16(9-15)11-28-12-20(25)22(27-28)26-23(29)21-10-17(14-31-21)13-30-19-7-5-18(24)6-8-19/h2-10,12,14H,11,13H2,1H3,(H,26,27,29). The molecule has 8 heteroatoms. The van der Waals surface area contributed by atoms with Crippen molar-refractivity contribution in [3.8, 4) is 5.75 Å². The van der Waals surface area contributed by atoms with Crippen molar-refractivity contribution < 1.29 is 9.53 Å². The van der Waals surface area contributed by atoms with E-state index in [-0.39, 0.29) is 5.91 Å². The first-order valence-electron chi connectivity index (χ1n) is 9.52. The van der Waals surface area contributed by atoms with Crippen LogP contribution in [0.25, 0.3) is 0 Å². The van der Waals surface area contributed by atoms with E-state index in [4.69, 9.17) is 27.9 Å². The van der Waals surface area contributed by atoms with E-state index in [2.05, 4.69) is 16.5 Å². The van der Waals surface area contributed by atoms with Crippen LogP contribution >= 0.6 is 34.5 Å². The summed E-state index contributed by atoms with van der Waals surface area (Å²) in [5, 5.41) is 10.1. The third kappa shape index (κ3) is 5.67. The van der Waals surface area contributed by atoms with Gasteiger partial charge in [-0.05, 0) is 48.2 Å². The van der Waals surface area contributed by atoms with Crippen molar-refractivity contribution in [1.29, 1.82) is 0 Å². The summed E-state index contributed by atoms with van der Waals surface area (Å²) in [6.07, 6.45) is 1.71. The highest BCUT2D eigenvalue weighted by Gasteiger charge is 2.15. The Bertz CT molecular complexity index is 1200. The first-order valence-corrected chi connectivity index (χ1v) is 11.2. The molecule has 0 bridgehead atoms. The Kier molecular flexibility index (Phi) is 6.61. The molecule has 31 heavy (non-hydrogen) atoms. The third-order valence-corrected chi connectivity index (χ3v) is 5.98. The van der Waals surface area contributed by atoms with Gasteiger partial charge in [-0.2, -0.15) is 5.10 Å². The van der Waals surface area contributed by atoms with Crippen LogP contribution in [0.4, 0.5) is 5.82 Å². The lowest BCUT2D eigenvalue weighted by molar-refractivity contribution is 0.103. The quantitative estimate of drug-likeness (QED) is 0.337. The minimum Gasteiger partial charge on any atom is -0.489 e. The van der Waals surface area contributed by atoms with Crippen LogP contribution in [-0.4, -0.2) is 15.7 Å². The summed E-state index contributed by atoms with van der Waals surface area (Å²) in [6.45, 7) is 2.97. The Labute approximate surface area is 194 Å². The smallest absolute Gasteiger partial charge is 0.266 e. The number of aryl methyl sites for hydroxylation is 1. The molecule has 0 radical (unpaired) electrons. The monoisotopic (exact) mass is 471 g/mol. The SMILES string of the molecule is Cc1cccc(Cn2cc(Cl)c(NC(=O)c3cc(COc4ccc(Cl)cc4)cs3)n2)c1. The van der Waals surface area contributed by atoms with E-state index in [1.165, 1.54) is 16.9 Å². The van der Waals surface area contributed by atoms with Gasteiger partial charge in [-0.1, -0.05) is 53.0 Å². The van der Waals surface area contributed by atoms with Crippen molar-refractivity contribution in [2.75, 3.05) is 5.32 Å². The lowest BCUT2D eigenvalue weighted by Crippen LogP contribution is -2.11. The fourth-order valence-electron chi connectivity index (χ4n) is 3.00. The second-order valence-electron chi connectivity index (χ2n) is 7.03. The number of hydrogen-bond acceptors (Lipinski definition) is 4. The number of aromatic nitrogens is 2. The largest absolute Gasteiger partial charge is 0.489 e. The summed E-state index contributed by atoms with van der Waals surface area (Å²) >= 11 is 13.5. The number of amides is 1. The van der Waals surface area contributed by atoms with Gasteiger partial charge in [0.05, 0.1) is 11.4 Å². The van der Waals surface area contributed by atoms with Gasteiger partial charge in [-0.15, -0.1) is 11.3 Å². The molecule has 2 heterocycles. The normalized spacial score (nSPS) is 10.8. The van der Waals surface area contributed by atoms with Crippen LogP contribution in [0.2, 0.25) is 10.0 Å². The van der Waals surface area contributed by atoms with Gasteiger partial charge in [0.2, 0.25) is 0 Å². The third-order valence-electron chi connectivity index (χ3n) is 4.47. The number of hydrogen-bond donors (Lipinski definition) is 1. The molecule has 4 aromatic rings. The van der Waals surface area contributed by atoms with Crippen molar-refractivity contribution in [2.24, 2.45) is 0 Å². The second-order valence-corrected chi connectivity index (χ2v) is 8.78. The van der Waals surface area contributed by atoms with Crippen molar-refractivity contribution in [2.45, 2.75) is 20.1 Å². The summed E-state index contributed by atoms with van der Waals surface area (Å²) in [7, 11) is 0. The van der Waals surface area contributed by atoms with Gasteiger partial charge in [0.25, 0.3) is 5.91 Å². The minimum atomic E-state index is -0.259. The van der Waals surface area contributed by atoms with E-state index in [1.54, 1.807) is 41.2 Å². The Hall–Kier alpha value is -2.80. The zero-order valence-corrected chi connectivity index (χ0v) is 19.0. The number of rotatable bonds is 7. The molecule has 2 aromatic carbocycles. The van der Waals surface area contributed by atoms with Gasteiger partial charge >= 0.3 is 0 Å². The van der Waals surface area contributed by atoms with Crippen LogP contribution < -0.4 is 10.1 Å². The summed E-state index contributed by atoms with van der Waals surface area (Å²) in [4.78, 5) is 13.2. The first kappa shape index (κ1) is 21.4. The van der Waals surface area contributed by atoms with E-state index >= 15 is 0 Å². The Morgan fingerprint density at radius 1 is 1.13 bits per heavy atom. The number of carbonyl (C=O) groups excluding carboxylic acids is 1. The number of halogens is 2. The van der Waals surface area contributed by atoms with Crippen LogP contribution in [0.3, 0.4) is 0 Å². The summed E-state index contributed by atoms with van der Waals surface area (Å²) in [5.41, 5.74) is 3.19. The van der Waals surface area contributed by atoms with Crippen LogP contribution in [0.1, 0.15) is 26.4 Å². The molecule has 5 nitrogen and oxygen atoms in total. The number of nitrogens with one attached hydrogen (secondary N) is 1. The maximum Gasteiger partial charge on any atom is 0.266 e. The second kappa shape index (κ2) is 9.56. The molecular formula is C23H19Cl2N3O2S. The fraction of sp³-hybridized carbons (Fsp3) is 0.130. The highest BCUT2D eigenvalue weighted by Crippen LogP contribution is 2.24. The number of ether oxygens (including phenoxy) is 1. The van der Waals surface area contributed by atoms with Crippen molar-refractivity contribution >= 4 is 46.3 Å². The van der Waals surface area contributed by atoms with Gasteiger partial charge in [0, 0.05) is 16.8 Å². The zero-order chi connectivity index (χ0) is 21.8. The van der Waals surface area contributed by atoms with Crippen molar-refractivity contribution in [3.05, 3.63) is 97.8 Å². The van der Waals surface area contributed by atoms with Gasteiger partial charge in [-0.3, -0.25) is 9.48 Å². The van der Waals surface area contributed by atoms with Crippen molar-refractivity contribution in [3.63, 3.8) is 0 Å². The van der Waals surface area contributed by atoms with Gasteiger partial charge in [0.15, 0.2) is 5.82 Å². The Morgan fingerprint density at radius 2 is 1.94 bits per heavy atom. The molecule has 158 valence electrons. The van der Waals surface area contributed by atoms with E-state index in [1.807, 2.05) is 30.5 Å². The summed E-state index contributed by atoms with van der Waals surface area (Å²) in [6, 6.07) is 17.1.